The topological polar surface area (TPSA) is 76.6 Å². The van der Waals surface area contributed by atoms with E-state index in [1.165, 1.54) is 6.26 Å². The van der Waals surface area contributed by atoms with Gasteiger partial charge < -0.3 is 9.64 Å². The molecule has 6 nitrogen and oxygen atoms in total. The summed E-state index contributed by atoms with van der Waals surface area (Å²) in [7, 11) is -3.20. The van der Waals surface area contributed by atoms with Gasteiger partial charge in [-0.25, -0.2) is 13.4 Å². The molecular weight excluding hydrogens is 372 g/mol. The van der Waals surface area contributed by atoms with Crippen LogP contribution in [0.2, 0.25) is 0 Å². The van der Waals surface area contributed by atoms with Crippen LogP contribution in [-0.4, -0.2) is 43.6 Å². The van der Waals surface area contributed by atoms with Crippen molar-refractivity contribution in [2.45, 2.75) is 37.2 Å². The third kappa shape index (κ3) is 4.62. The molecule has 8 heteroatoms. The molecule has 0 radical (unpaired) electrons. The molecule has 0 unspecified atom stereocenters. The maximum atomic E-state index is 11.5. The summed E-state index contributed by atoms with van der Waals surface area (Å²) in [5.74, 6) is 1.15. The van der Waals surface area contributed by atoms with E-state index < -0.39 is 9.84 Å². The van der Waals surface area contributed by atoms with Gasteiger partial charge in [-0.1, -0.05) is 0 Å². The number of thiazole rings is 1. The predicted molar refractivity (Wildman–Crippen MR) is 100 cm³/mol. The van der Waals surface area contributed by atoms with Crippen LogP contribution in [-0.2, 0) is 21.2 Å². The Balaban J connectivity index is 1.55. The van der Waals surface area contributed by atoms with E-state index in [2.05, 4.69) is 4.98 Å². The number of rotatable bonds is 5. The van der Waals surface area contributed by atoms with Gasteiger partial charge in [-0.2, -0.15) is 0 Å². The first-order valence-electron chi connectivity index (χ1n) is 8.45. The van der Waals surface area contributed by atoms with Crippen LogP contribution in [0.4, 0.5) is 0 Å². The number of amides is 1. The van der Waals surface area contributed by atoms with Crippen LogP contribution < -0.4 is 4.74 Å². The number of piperidine rings is 1. The summed E-state index contributed by atoms with van der Waals surface area (Å²) in [6.45, 7) is 3.54. The van der Waals surface area contributed by atoms with Crippen molar-refractivity contribution >= 4 is 27.1 Å². The highest BCUT2D eigenvalue weighted by atomic mass is 32.2. The molecule has 0 aliphatic carbocycles. The van der Waals surface area contributed by atoms with Crippen molar-refractivity contribution in [1.82, 2.24) is 9.88 Å². The second-order valence-electron chi connectivity index (χ2n) is 6.49. The largest absolute Gasteiger partial charge is 0.487 e. The van der Waals surface area contributed by atoms with E-state index in [-0.39, 0.29) is 10.8 Å². The molecule has 1 fully saturated rings. The van der Waals surface area contributed by atoms with E-state index in [0.29, 0.717) is 18.3 Å². The lowest BCUT2D eigenvalue weighted by Crippen LogP contribution is -2.36. The fourth-order valence-electron chi connectivity index (χ4n) is 2.96. The van der Waals surface area contributed by atoms with Crippen molar-refractivity contribution in [2.75, 3.05) is 19.3 Å². The van der Waals surface area contributed by atoms with Gasteiger partial charge in [-0.15, -0.1) is 11.3 Å². The standard InChI is InChI=1S/C18H22N2O4S2/c1-13(21)20-9-7-14(8-10-20)18-19-15(12-25-18)11-24-16-3-5-17(6-4-16)26(2,22)23/h3-6,12,14H,7-11H2,1-2H3. The Kier molecular flexibility index (Phi) is 5.62. The number of ether oxygens (including phenoxy) is 1. The third-order valence-corrected chi connectivity index (χ3v) is 6.68. The molecule has 1 aromatic heterocycles. The van der Waals surface area contributed by atoms with Crippen molar-refractivity contribution < 1.29 is 17.9 Å². The number of carbonyl (C=O) groups is 1. The molecule has 0 saturated carbocycles. The predicted octanol–water partition coefficient (Wildman–Crippen LogP) is 2.85. The van der Waals surface area contributed by atoms with Gasteiger partial charge in [0.05, 0.1) is 15.6 Å². The first-order valence-corrected chi connectivity index (χ1v) is 11.2. The van der Waals surface area contributed by atoms with Gasteiger partial charge in [0, 0.05) is 37.6 Å². The lowest BCUT2D eigenvalue weighted by atomic mass is 9.97. The quantitative estimate of drug-likeness (QED) is 0.779. The average Bonchev–Trinajstić information content (AvgIpc) is 3.08. The number of aromatic nitrogens is 1. The molecule has 0 atom stereocenters. The number of carbonyl (C=O) groups excluding carboxylic acids is 1. The van der Waals surface area contributed by atoms with Crippen LogP contribution in [0.3, 0.4) is 0 Å². The Morgan fingerprint density at radius 2 is 1.92 bits per heavy atom. The lowest BCUT2D eigenvalue weighted by Gasteiger charge is -2.30. The number of benzene rings is 1. The Bertz CT molecular complexity index is 867. The van der Waals surface area contributed by atoms with Crippen LogP contribution in [0, 0.1) is 0 Å². The molecule has 1 aromatic carbocycles. The normalized spacial score (nSPS) is 15.8. The fourth-order valence-corrected chi connectivity index (χ4v) is 4.56. The minimum atomic E-state index is -3.20. The molecular formula is C18H22N2O4S2. The van der Waals surface area contributed by atoms with Crippen LogP contribution in [0.5, 0.6) is 5.75 Å². The van der Waals surface area contributed by atoms with Gasteiger partial charge in [0.1, 0.15) is 12.4 Å². The molecule has 26 heavy (non-hydrogen) atoms. The van der Waals surface area contributed by atoms with E-state index in [1.54, 1.807) is 42.5 Å². The van der Waals surface area contributed by atoms with E-state index in [4.69, 9.17) is 4.74 Å². The molecule has 2 heterocycles. The fraction of sp³-hybridized carbons (Fsp3) is 0.444. The summed E-state index contributed by atoms with van der Waals surface area (Å²) < 4.78 is 28.6. The molecule has 1 saturated heterocycles. The smallest absolute Gasteiger partial charge is 0.219 e. The second kappa shape index (κ2) is 7.75. The van der Waals surface area contributed by atoms with Crippen molar-refractivity contribution in [3.8, 4) is 5.75 Å². The first kappa shape index (κ1) is 18.8. The monoisotopic (exact) mass is 394 g/mol. The summed E-state index contributed by atoms with van der Waals surface area (Å²) in [6.07, 6.45) is 3.07. The van der Waals surface area contributed by atoms with E-state index in [9.17, 15) is 13.2 Å². The second-order valence-corrected chi connectivity index (χ2v) is 9.40. The summed E-state index contributed by atoms with van der Waals surface area (Å²) >= 11 is 1.63. The highest BCUT2D eigenvalue weighted by molar-refractivity contribution is 7.90. The molecule has 1 aliphatic heterocycles. The van der Waals surface area contributed by atoms with Gasteiger partial charge in [0.25, 0.3) is 0 Å². The van der Waals surface area contributed by atoms with Gasteiger partial charge in [0.15, 0.2) is 9.84 Å². The SMILES string of the molecule is CC(=O)N1CCC(c2nc(COc3ccc(S(C)(=O)=O)cc3)cs2)CC1. The Morgan fingerprint density at radius 1 is 1.27 bits per heavy atom. The van der Waals surface area contributed by atoms with E-state index in [1.807, 2.05) is 10.3 Å². The van der Waals surface area contributed by atoms with Gasteiger partial charge in [0.2, 0.25) is 5.91 Å². The minimum Gasteiger partial charge on any atom is -0.487 e. The Hall–Kier alpha value is -1.93. The lowest BCUT2D eigenvalue weighted by molar-refractivity contribution is -0.129. The van der Waals surface area contributed by atoms with Crippen molar-refractivity contribution in [3.05, 3.63) is 40.3 Å². The van der Waals surface area contributed by atoms with Crippen LogP contribution in [0.25, 0.3) is 0 Å². The van der Waals surface area contributed by atoms with Crippen LogP contribution in [0.15, 0.2) is 34.5 Å². The maximum absolute atomic E-state index is 11.5. The molecule has 1 amide bonds. The molecule has 140 valence electrons. The number of nitrogens with zero attached hydrogens (tertiary/aromatic N) is 2. The average molecular weight is 395 g/mol. The molecule has 2 aromatic rings. The zero-order valence-corrected chi connectivity index (χ0v) is 16.5. The van der Waals surface area contributed by atoms with Crippen LogP contribution >= 0.6 is 11.3 Å². The van der Waals surface area contributed by atoms with Gasteiger partial charge in [-0.05, 0) is 37.1 Å². The van der Waals surface area contributed by atoms with Gasteiger partial charge >= 0.3 is 0 Å². The number of hydrogen-bond acceptors (Lipinski definition) is 6. The van der Waals surface area contributed by atoms with Crippen molar-refractivity contribution in [1.29, 1.82) is 0 Å². The zero-order chi connectivity index (χ0) is 18.7. The molecule has 0 bridgehead atoms. The van der Waals surface area contributed by atoms with Gasteiger partial charge in [-0.3, -0.25) is 4.79 Å². The van der Waals surface area contributed by atoms with E-state index >= 15 is 0 Å². The zero-order valence-electron chi connectivity index (χ0n) is 14.8. The van der Waals surface area contributed by atoms with E-state index in [0.717, 1.165) is 36.6 Å². The molecule has 0 N–H and O–H groups in total. The summed E-state index contributed by atoms with van der Waals surface area (Å²) in [5, 5.41) is 3.09. The number of likely N-dealkylation sites (tertiary alicyclic amines) is 1. The van der Waals surface area contributed by atoms with Crippen LogP contribution in [0.1, 0.15) is 36.4 Å². The minimum absolute atomic E-state index is 0.138. The Labute approximate surface area is 157 Å². The molecule has 3 rings (SSSR count). The number of sulfone groups is 1. The van der Waals surface area contributed by atoms with Crippen molar-refractivity contribution in [3.63, 3.8) is 0 Å². The highest BCUT2D eigenvalue weighted by Gasteiger charge is 2.24. The summed E-state index contributed by atoms with van der Waals surface area (Å²) in [5.41, 5.74) is 0.867. The highest BCUT2D eigenvalue weighted by Crippen LogP contribution is 2.30. The maximum Gasteiger partial charge on any atom is 0.219 e. The molecule has 0 spiro atoms. The third-order valence-electron chi connectivity index (χ3n) is 4.50. The Morgan fingerprint density at radius 3 is 2.50 bits per heavy atom. The molecule has 1 aliphatic rings. The first-order chi connectivity index (χ1) is 12.3. The number of hydrogen-bond donors (Lipinski definition) is 0. The van der Waals surface area contributed by atoms with Crippen molar-refractivity contribution in [2.24, 2.45) is 0 Å². The summed E-state index contributed by atoms with van der Waals surface area (Å²) in [4.78, 5) is 18.2. The summed E-state index contributed by atoms with van der Waals surface area (Å²) in [6, 6.07) is 6.39.